The van der Waals surface area contributed by atoms with Gasteiger partial charge in [-0.05, 0) is 12.1 Å². The molecule has 0 bridgehead atoms. The first-order valence-electron chi connectivity index (χ1n) is 3.88. The van der Waals surface area contributed by atoms with E-state index in [1.54, 1.807) is 0 Å². The predicted molar refractivity (Wildman–Crippen MR) is 26.4 cm³/mol. The predicted octanol–water partition coefficient (Wildman–Crippen LogP) is 1.96. The van der Waals surface area contributed by atoms with E-state index in [-0.39, 0.29) is 0 Å². The molecule has 2 heteroatoms. The SMILES string of the molecule is [2H]c1c([2H])c([2H])c(F)c(F)c1[2H]. The third kappa shape index (κ3) is 0.832. The average molecular weight is 118 g/mol. The molecule has 1 aromatic carbocycles. The molecule has 0 aliphatic heterocycles. The number of halogens is 2. The van der Waals surface area contributed by atoms with Gasteiger partial charge in [0.05, 0.1) is 5.48 Å². The highest BCUT2D eigenvalue weighted by Crippen LogP contribution is 2.01. The molecule has 1 aromatic rings. The van der Waals surface area contributed by atoms with Crippen LogP contribution in [0, 0.1) is 11.6 Å². The maximum atomic E-state index is 12.5. The van der Waals surface area contributed by atoms with E-state index >= 15 is 0 Å². The minimum absolute atomic E-state index is 0.765. The van der Waals surface area contributed by atoms with Crippen molar-refractivity contribution < 1.29 is 14.3 Å². The van der Waals surface area contributed by atoms with Crippen LogP contribution in [0.4, 0.5) is 8.78 Å². The van der Waals surface area contributed by atoms with Crippen LogP contribution in [0.2, 0.25) is 0 Å². The molecule has 0 aliphatic carbocycles. The Balaban J connectivity index is 3.60. The van der Waals surface area contributed by atoms with Crippen molar-refractivity contribution in [3.8, 4) is 0 Å². The molecule has 42 valence electrons. The fourth-order valence-electron chi connectivity index (χ4n) is 0.282. The molecule has 0 aliphatic rings. The fourth-order valence-corrected chi connectivity index (χ4v) is 0.282. The van der Waals surface area contributed by atoms with Crippen LogP contribution in [0.15, 0.2) is 24.2 Å². The molecule has 0 saturated carbocycles. The highest BCUT2D eigenvalue weighted by Gasteiger charge is 1.93. The van der Waals surface area contributed by atoms with Crippen molar-refractivity contribution >= 4 is 0 Å². The Morgan fingerprint density at radius 1 is 1.12 bits per heavy atom. The number of benzene rings is 1. The summed E-state index contributed by atoms with van der Waals surface area (Å²) in [7, 11) is 0. The van der Waals surface area contributed by atoms with Gasteiger partial charge in [-0.2, -0.15) is 0 Å². The van der Waals surface area contributed by atoms with E-state index in [2.05, 4.69) is 0 Å². The van der Waals surface area contributed by atoms with Gasteiger partial charge >= 0.3 is 0 Å². The second-order valence-corrected chi connectivity index (χ2v) is 1.13. The van der Waals surface area contributed by atoms with E-state index in [9.17, 15) is 8.78 Å². The zero-order valence-corrected chi connectivity index (χ0v) is 3.76. The van der Waals surface area contributed by atoms with Gasteiger partial charge in [-0.3, -0.25) is 0 Å². The maximum absolute atomic E-state index is 12.5. The Bertz CT molecular complexity index is 232. The van der Waals surface area contributed by atoms with Crippen molar-refractivity contribution in [3.63, 3.8) is 0 Å². The molecular weight excluding hydrogens is 110 g/mol. The van der Waals surface area contributed by atoms with Crippen LogP contribution in [-0.4, -0.2) is 0 Å². The van der Waals surface area contributed by atoms with Gasteiger partial charge in [0.25, 0.3) is 0 Å². The van der Waals surface area contributed by atoms with Crippen molar-refractivity contribution in [2.45, 2.75) is 0 Å². The lowest BCUT2D eigenvalue weighted by atomic mass is 10.3. The van der Waals surface area contributed by atoms with Gasteiger partial charge in [0.15, 0.2) is 11.6 Å². The minimum atomic E-state index is -1.54. The zero-order valence-electron chi connectivity index (χ0n) is 7.76. The van der Waals surface area contributed by atoms with Crippen LogP contribution in [0.3, 0.4) is 0 Å². The molecule has 0 radical (unpaired) electrons. The van der Waals surface area contributed by atoms with E-state index in [0.717, 1.165) is 0 Å². The number of rotatable bonds is 0. The van der Waals surface area contributed by atoms with Crippen molar-refractivity contribution in [1.82, 2.24) is 0 Å². The minimum Gasteiger partial charge on any atom is -0.204 e. The fraction of sp³-hybridized carbons (Fsp3) is 0. The highest BCUT2D eigenvalue weighted by atomic mass is 19.2. The number of hydrogen-bond acceptors (Lipinski definition) is 0. The lowest BCUT2D eigenvalue weighted by Gasteiger charge is -1.85. The van der Waals surface area contributed by atoms with Crippen LogP contribution in [0.5, 0.6) is 0 Å². The van der Waals surface area contributed by atoms with Crippen LogP contribution < -0.4 is 0 Å². The topological polar surface area (TPSA) is 0 Å². The third-order valence-electron chi connectivity index (χ3n) is 0.600. The molecule has 0 atom stereocenters. The first-order chi connectivity index (χ1) is 5.46. The third-order valence-corrected chi connectivity index (χ3v) is 0.600. The summed E-state index contributed by atoms with van der Waals surface area (Å²) in [6.07, 6.45) is 0. The smallest absolute Gasteiger partial charge is 0.158 e. The molecule has 0 fully saturated rings. The quantitative estimate of drug-likeness (QED) is 0.488. The molecular formula is C6H4F2. The van der Waals surface area contributed by atoms with E-state index in [4.69, 9.17) is 5.48 Å². The van der Waals surface area contributed by atoms with Gasteiger partial charge in [-0.25, -0.2) is 8.78 Å². The summed E-state index contributed by atoms with van der Waals surface area (Å²) in [5.41, 5.74) is 0. The van der Waals surface area contributed by atoms with Gasteiger partial charge in [0.2, 0.25) is 0 Å². The van der Waals surface area contributed by atoms with Gasteiger partial charge in [0, 0.05) is 0 Å². The Kier molecular flexibility index (Phi) is 0.507. The highest BCUT2D eigenvalue weighted by molar-refractivity contribution is 5.05. The van der Waals surface area contributed by atoms with Gasteiger partial charge in [0.1, 0.15) is 0 Å². The maximum Gasteiger partial charge on any atom is 0.158 e. The van der Waals surface area contributed by atoms with Crippen LogP contribution in [0.1, 0.15) is 5.48 Å². The molecule has 0 unspecified atom stereocenters. The lowest BCUT2D eigenvalue weighted by Crippen LogP contribution is -1.77. The Morgan fingerprint density at radius 2 is 1.50 bits per heavy atom. The first-order valence-corrected chi connectivity index (χ1v) is 1.88. The molecule has 0 aromatic heterocycles. The van der Waals surface area contributed by atoms with Crippen molar-refractivity contribution in [3.05, 3.63) is 35.8 Å². The zero-order chi connectivity index (χ0) is 9.46. The molecule has 0 amide bonds. The van der Waals surface area contributed by atoms with E-state index in [0.29, 0.717) is 0 Å². The molecule has 0 N–H and O–H groups in total. The van der Waals surface area contributed by atoms with Crippen LogP contribution >= 0.6 is 0 Å². The molecule has 0 heterocycles. The summed E-state index contributed by atoms with van der Waals surface area (Å²) in [6, 6.07) is -3.49. The summed E-state index contributed by atoms with van der Waals surface area (Å²) in [5, 5.41) is 0. The second kappa shape index (κ2) is 1.90. The summed E-state index contributed by atoms with van der Waals surface area (Å²) < 4.78 is 52.6. The standard InChI is InChI=1S/C6H4F2/c7-5-3-1-2-4-6(5)8/h1-4H/i1D,2D,3D,4D. The number of hydrogen-bond donors (Lipinski definition) is 0. The second-order valence-electron chi connectivity index (χ2n) is 1.13. The van der Waals surface area contributed by atoms with Crippen LogP contribution in [0.25, 0.3) is 0 Å². The van der Waals surface area contributed by atoms with Crippen molar-refractivity contribution in [1.29, 1.82) is 0 Å². The van der Waals surface area contributed by atoms with Gasteiger partial charge in [-0.1, -0.05) is 12.1 Å². The Labute approximate surface area is 51.4 Å². The monoisotopic (exact) mass is 118 g/mol. The van der Waals surface area contributed by atoms with E-state index in [1.165, 1.54) is 0 Å². The average Bonchev–Trinajstić information content (AvgIpc) is 2.08. The lowest BCUT2D eigenvalue weighted by molar-refractivity contribution is 0.508. The largest absolute Gasteiger partial charge is 0.204 e. The summed E-state index contributed by atoms with van der Waals surface area (Å²) in [4.78, 5) is 0. The van der Waals surface area contributed by atoms with E-state index < -0.39 is 35.8 Å². The normalized spacial score (nSPS) is 16.2. The van der Waals surface area contributed by atoms with Crippen LogP contribution in [-0.2, 0) is 0 Å². The summed E-state index contributed by atoms with van der Waals surface area (Å²) >= 11 is 0. The molecule has 0 nitrogen and oxygen atoms in total. The molecule has 0 spiro atoms. The van der Waals surface area contributed by atoms with Crippen molar-refractivity contribution in [2.75, 3.05) is 0 Å². The van der Waals surface area contributed by atoms with Crippen molar-refractivity contribution in [2.24, 2.45) is 0 Å². The summed E-state index contributed by atoms with van der Waals surface area (Å²) in [6.45, 7) is 0. The molecule has 0 saturated heterocycles. The van der Waals surface area contributed by atoms with Gasteiger partial charge < -0.3 is 0 Å². The molecule has 8 heavy (non-hydrogen) atoms. The van der Waals surface area contributed by atoms with E-state index in [1.807, 2.05) is 0 Å². The Hall–Kier alpha value is -0.920. The molecule has 1 rings (SSSR count). The first kappa shape index (κ1) is 2.13. The Morgan fingerprint density at radius 3 is 1.88 bits per heavy atom. The van der Waals surface area contributed by atoms with Gasteiger partial charge in [-0.15, -0.1) is 0 Å². The summed E-state index contributed by atoms with van der Waals surface area (Å²) in [5.74, 6) is -3.08.